The van der Waals surface area contributed by atoms with Gasteiger partial charge >= 0.3 is 0 Å². The summed E-state index contributed by atoms with van der Waals surface area (Å²) in [4.78, 5) is 0.193. The highest BCUT2D eigenvalue weighted by Crippen LogP contribution is 2.21. The number of nitrogens with two attached hydrogens (primary N) is 1. The van der Waals surface area contributed by atoms with Crippen LogP contribution in [0.5, 0.6) is 0 Å². The lowest BCUT2D eigenvalue weighted by atomic mass is 10.2. The summed E-state index contributed by atoms with van der Waals surface area (Å²) in [6, 6.07) is 9.78. The van der Waals surface area contributed by atoms with Crippen molar-refractivity contribution < 1.29 is 8.42 Å². The SMILES string of the molecule is C=C(N=NN)c1cccn1S(=O)(=O)c1ccc(C)cc1. The first-order valence-corrected chi connectivity index (χ1v) is 7.20. The van der Waals surface area contributed by atoms with Crippen LogP contribution in [0.1, 0.15) is 11.3 Å². The van der Waals surface area contributed by atoms with Gasteiger partial charge in [-0.15, -0.1) is 5.11 Å². The molecule has 0 saturated heterocycles. The lowest BCUT2D eigenvalue weighted by molar-refractivity contribution is 0.587. The number of aromatic nitrogens is 1. The lowest BCUT2D eigenvalue weighted by Gasteiger charge is -2.10. The predicted molar refractivity (Wildman–Crippen MR) is 76.3 cm³/mol. The molecule has 0 atom stereocenters. The minimum absolute atomic E-state index is 0.174. The molecule has 1 aromatic heterocycles. The highest BCUT2D eigenvalue weighted by molar-refractivity contribution is 7.90. The zero-order valence-electron chi connectivity index (χ0n) is 10.9. The van der Waals surface area contributed by atoms with Crippen molar-refractivity contribution in [2.75, 3.05) is 0 Å². The molecule has 0 aliphatic carbocycles. The molecule has 7 heteroatoms. The topological polar surface area (TPSA) is 89.8 Å². The van der Waals surface area contributed by atoms with Crippen LogP contribution in [0.15, 0.2) is 64.4 Å². The zero-order chi connectivity index (χ0) is 14.8. The second-order valence-corrected chi connectivity index (χ2v) is 5.98. The first kappa shape index (κ1) is 14.0. The van der Waals surface area contributed by atoms with E-state index in [-0.39, 0.29) is 10.6 Å². The van der Waals surface area contributed by atoms with Gasteiger partial charge in [0, 0.05) is 6.20 Å². The van der Waals surface area contributed by atoms with Crippen molar-refractivity contribution in [1.82, 2.24) is 3.97 Å². The maximum atomic E-state index is 12.6. The van der Waals surface area contributed by atoms with Gasteiger partial charge in [-0.25, -0.2) is 12.4 Å². The molecule has 0 unspecified atom stereocenters. The van der Waals surface area contributed by atoms with Crippen LogP contribution in [0.25, 0.3) is 5.70 Å². The second-order valence-electron chi connectivity index (χ2n) is 4.17. The van der Waals surface area contributed by atoms with Gasteiger partial charge in [0.05, 0.1) is 10.6 Å². The average molecular weight is 290 g/mol. The monoisotopic (exact) mass is 290 g/mol. The third kappa shape index (κ3) is 2.48. The molecule has 6 nitrogen and oxygen atoms in total. The van der Waals surface area contributed by atoms with Crippen molar-refractivity contribution in [3.05, 3.63) is 60.4 Å². The van der Waals surface area contributed by atoms with Crippen LogP contribution in [0.2, 0.25) is 0 Å². The first-order valence-electron chi connectivity index (χ1n) is 5.76. The highest BCUT2D eigenvalue weighted by Gasteiger charge is 2.20. The van der Waals surface area contributed by atoms with Crippen LogP contribution < -0.4 is 5.84 Å². The highest BCUT2D eigenvalue weighted by atomic mass is 32.2. The normalized spacial score (nSPS) is 11.8. The number of hydrogen-bond donors (Lipinski definition) is 1. The van der Waals surface area contributed by atoms with E-state index in [2.05, 4.69) is 16.9 Å². The Labute approximate surface area is 117 Å². The van der Waals surface area contributed by atoms with Gasteiger partial charge in [-0.1, -0.05) is 29.5 Å². The molecule has 104 valence electrons. The fourth-order valence-corrected chi connectivity index (χ4v) is 3.11. The number of hydrogen-bond acceptors (Lipinski definition) is 4. The molecule has 1 aromatic carbocycles. The van der Waals surface area contributed by atoms with Gasteiger partial charge in [0.25, 0.3) is 10.0 Å². The molecule has 1 heterocycles. The van der Waals surface area contributed by atoms with Gasteiger partial charge in [0.15, 0.2) is 0 Å². The van der Waals surface area contributed by atoms with Crippen molar-refractivity contribution in [2.45, 2.75) is 11.8 Å². The summed E-state index contributed by atoms with van der Waals surface area (Å²) in [5.74, 6) is 4.96. The van der Waals surface area contributed by atoms with Crippen LogP contribution in [-0.2, 0) is 10.0 Å². The summed E-state index contributed by atoms with van der Waals surface area (Å²) in [7, 11) is -3.69. The van der Waals surface area contributed by atoms with Gasteiger partial charge < -0.3 is 5.84 Å². The van der Waals surface area contributed by atoms with Crippen LogP contribution in [0.3, 0.4) is 0 Å². The van der Waals surface area contributed by atoms with Gasteiger partial charge in [-0.05, 0) is 31.2 Å². The Bertz CT molecular complexity index is 758. The third-order valence-electron chi connectivity index (χ3n) is 2.76. The van der Waals surface area contributed by atoms with Crippen molar-refractivity contribution in [3.8, 4) is 0 Å². The Morgan fingerprint density at radius 2 is 1.90 bits per heavy atom. The number of benzene rings is 1. The molecule has 2 aromatic rings. The van der Waals surface area contributed by atoms with Gasteiger partial charge in [-0.2, -0.15) is 0 Å². The molecule has 0 bridgehead atoms. The average Bonchev–Trinajstić information content (AvgIpc) is 2.89. The van der Waals surface area contributed by atoms with Crippen molar-refractivity contribution >= 4 is 15.7 Å². The van der Waals surface area contributed by atoms with Crippen LogP contribution >= 0.6 is 0 Å². The largest absolute Gasteiger partial charge is 0.305 e. The van der Waals surface area contributed by atoms with E-state index in [1.807, 2.05) is 6.92 Å². The maximum absolute atomic E-state index is 12.6. The van der Waals surface area contributed by atoms with Gasteiger partial charge in [-0.3, -0.25) is 0 Å². The zero-order valence-corrected chi connectivity index (χ0v) is 11.7. The number of rotatable bonds is 4. The Morgan fingerprint density at radius 1 is 1.25 bits per heavy atom. The van der Waals surface area contributed by atoms with E-state index < -0.39 is 10.0 Å². The summed E-state index contributed by atoms with van der Waals surface area (Å²) in [5.41, 5.74) is 1.48. The molecule has 0 aliphatic heterocycles. The van der Waals surface area contributed by atoms with Crippen molar-refractivity contribution in [1.29, 1.82) is 0 Å². The molecule has 0 aliphatic rings. The minimum Gasteiger partial charge on any atom is -0.305 e. The molecule has 0 fully saturated rings. The van der Waals surface area contributed by atoms with E-state index in [9.17, 15) is 8.42 Å². The van der Waals surface area contributed by atoms with Crippen LogP contribution in [-0.4, -0.2) is 12.4 Å². The van der Waals surface area contributed by atoms with Gasteiger partial charge in [0.1, 0.15) is 5.70 Å². The Hall–Kier alpha value is -2.41. The van der Waals surface area contributed by atoms with Crippen molar-refractivity contribution in [2.24, 2.45) is 16.2 Å². The van der Waals surface area contributed by atoms with Crippen LogP contribution in [0.4, 0.5) is 0 Å². The molecular formula is C13H14N4O2S. The summed E-state index contributed by atoms with van der Waals surface area (Å²) in [6.45, 7) is 5.53. The lowest BCUT2D eigenvalue weighted by Crippen LogP contribution is -2.14. The summed E-state index contributed by atoms with van der Waals surface area (Å²) < 4.78 is 26.2. The van der Waals surface area contributed by atoms with Crippen LogP contribution in [0, 0.1) is 6.92 Å². The molecule has 0 amide bonds. The number of aryl methyl sites for hydroxylation is 1. The maximum Gasteiger partial charge on any atom is 0.268 e. The van der Waals surface area contributed by atoms with Crippen molar-refractivity contribution in [3.63, 3.8) is 0 Å². The van der Waals surface area contributed by atoms with E-state index in [0.29, 0.717) is 5.69 Å². The fraction of sp³-hybridized carbons (Fsp3) is 0.0769. The fourth-order valence-electron chi connectivity index (χ4n) is 1.74. The summed E-state index contributed by atoms with van der Waals surface area (Å²) in [5, 5.41) is 6.69. The molecule has 2 N–H and O–H groups in total. The van der Waals surface area contributed by atoms with E-state index in [4.69, 9.17) is 5.84 Å². The van der Waals surface area contributed by atoms with E-state index in [1.54, 1.807) is 36.4 Å². The van der Waals surface area contributed by atoms with E-state index in [0.717, 1.165) is 9.54 Å². The van der Waals surface area contributed by atoms with Gasteiger partial charge in [0.2, 0.25) is 0 Å². The third-order valence-corrected chi connectivity index (χ3v) is 4.47. The standard InChI is InChI=1S/C13H14N4O2S/c1-10-5-7-12(8-6-10)20(18,19)17-9-3-4-13(17)11(2)15-16-14/h3-9H,2H2,1H3,(H2,14,15). The Morgan fingerprint density at radius 3 is 2.50 bits per heavy atom. The molecule has 0 saturated carbocycles. The molecule has 0 radical (unpaired) electrons. The predicted octanol–water partition coefficient (Wildman–Crippen LogP) is 2.33. The summed E-state index contributed by atoms with van der Waals surface area (Å²) >= 11 is 0. The summed E-state index contributed by atoms with van der Waals surface area (Å²) in [6.07, 6.45) is 1.43. The smallest absolute Gasteiger partial charge is 0.268 e. The first-order chi connectivity index (χ1) is 9.46. The quantitative estimate of drug-likeness (QED) is 0.532. The Kier molecular flexibility index (Phi) is 3.71. The van der Waals surface area contributed by atoms with E-state index >= 15 is 0 Å². The Balaban J connectivity index is 2.53. The van der Waals surface area contributed by atoms with E-state index in [1.165, 1.54) is 6.20 Å². The minimum atomic E-state index is -3.69. The number of nitrogens with zero attached hydrogens (tertiary/aromatic N) is 3. The second kappa shape index (κ2) is 5.30. The molecular weight excluding hydrogens is 276 g/mol. The molecule has 0 spiro atoms. The molecule has 20 heavy (non-hydrogen) atoms. The molecule has 2 rings (SSSR count).